The smallest absolute Gasteiger partial charge is 0.333 e. The molecule has 156 valence electrons. The molecule has 0 aliphatic carbocycles. The Hall–Kier alpha value is -3.86. The molecule has 2 atom stereocenters. The molecule has 3 aromatic rings. The number of hydrogen-bond acceptors (Lipinski definition) is 4. The second-order valence-corrected chi connectivity index (χ2v) is 6.68. The van der Waals surface area contributed by atoms with E-state index in [0.717, 1.165) is 11.1 Å². The lowest BCUT2D eigenvalue weighted by atomic mass is 9.97. The molecule has 3 aromatic carbocycles. The Kier molecular flexibility index (Phi) is 7.60. The first-order valence-corrected chi connectivity index (χ1v) is 9.80. The highest BCUT2D eigenvalue weighted by atomic mass is 19.1. The van der Waals surface area contributed by atoms with Gasteiger partial charge in [-0.15, -0.1) is 0 Å². The van der Waals surface area contributed by atoms with E-state index in [2.05, 4.69) is 11.6 Å². The number of carbonyl (C=O) groups excluding carboxylic acids is 1. The van der Waals surface area contributed by atoms with Gasteiger partial charge >= 0.3 is 5.97 Å². The van der Waals surface area contributed by atoms with E-state index in [-0.39, 0.29) is 5.56 Å². The summed E-state index contributed by atoms with van der Waals surface area (Å²) in [5.74, 6) is -1.09. The third kappa shape index (κ3) is 5.39. The van der Waals surface area contributed by atoms with Gasteiger partial charge in [0.1, 0.15) is 11.9 Å². The van der Waals surface area contributed by atoms with Crippen molar-refractivity contribution in [2.45, 2.75) is 12.1 Å². The molecular weight excluding hydrogens is 391 g/mol. The topological polar surface area (TPSA) is 51.0 Å². The van der Waals surface area contributed by atoms with Crippen LogP contribution in [0.1, 0.15) is 22.7 Å². The summed E-state index contributed by atoms with van der Waals surface area (Å²) < 4.78 is 19.7. The molecule has 0 aromatic heterocycles. The minimum atomic E-state index is -1.10. The molecule has 0 unspecified atom stereocenters. The highest BCUT2D eigenvalue weighted by Gasteiger charge is 2.32. The Bertz CT molecular complexity index is 1040. The number of ether oxygens (including phenoxy) is 1. The molecular formula is C26H23FN2O2. The number of aliphatic imine (C=N–C) groups is 2. The van der Waals surface area contributed by atoms with Gasteiger partial charge in [0.25, 0.3) is 0 Å². The molecule has 0 amide bonds. The summed E-state index contributed by atoms with van der Waals surface area (Å²) >= 11 is 0. The van der Waals surface area contributed by atoms with Gasteiger partial charge in [0.15, 0.2) is 6.04 Å². The fraction of sp³-hybridized carbons (Fsp3) is 0.115. The molecule has 0 bridgehead atoms. The zero-order valence-corrected chi connectivity index (χ0v) is 17.2. The van der Waals surface area contributed by atoms with Gasteiger partial charge in [-0.1, -0.05) is 91.5 Å². The van der Waals surface area contributed by atoms with E-state index in [1.165, 1.54) is 25.5 Å². The number of allylic oxidation sites excluding steroid dienone is 1. The number of methoxy groups -OCH3 is 1. The molecule has 0 fully saturated rings. The Morgan fingerprint density at radius 2 is 1.48 bits per heavy atom. The van der Waals surface area contributed by atoms with Crippen LogP contribution < -0.4 is 0 Å². The van der Waals surface area contributed by atoms with Gasteiger partial charge in [0.05, 0.1) is 12.8 Å². The predicted octanol–water partition coefficient (Wildman–Crippen LogP) is 5.20. The number of rotatable bonds is 8. The molecule has 0 aliphatic rings. The van der Waals surface area contributed by atoms with E-state index in [4.69, 9.17) is 9.73 Å². The summed E-state index contributed by atoms with van der Waals surface area (Å²) in [4.78, 5) is 22.0. The highest BCUT2D eigenvalue weighted by Crippen LogP contribution is 2.28. The first-order chi connectivity index (χ1) is 15.2. The molecule has 3 rings (SSSR count). The molecule has 4 nitrogen and oxygen atoms in total. The van der Waals surface area contributed by atoms with Crippen molar-refractivity contribution in [3.63, 3.8) is 0 Å². The number of nitrogens with zero attached hydrogens (tertiary/aromatic N) is 2. The quantitative estimate of drug-likeness (QED) is 0.376. The van der Waals surface area contributed by atoms with Crippen LogP contribution in [0.25, 0.3) is 0 Å². The summed E-state index contributed by atoms with van der Waals surface area (Å²) in [5, 5.41) is 0. The van der Waals surface area contributed by atoms with Crippen molar-refractivity contribution >= 4 is 17.9 Å². The van der Waals surface area contributed by atoms with Gasteiger partial charge in [-0.3, -0.25) is 9.98 Å². The molecule has 5 heteroatoms. The molecule has 0 saturated heterocycles. The SMILES string of the molecule is C=CC=N[C@H](c1ccccc1F)[C@H](N=C(c1ccccc1)c1ccccc1)C(=O)OC. The van der Waals surface area contributed by atoms with Crippen LogP contribution in [0, 0.1) is 5.82 Å². The van der Waals surface area contributed by atoms with Gasteiger partial charge in [0.2, 0.25) is 0 Å². The Labute approximate surface area is 181 Å². The first-order valence-electron chi connectivity index (χ1n) is 9.80. The summed E-state index contributed by atoms with van der Waals surface area (Å²) in [6.45, 7) is 3.63. The van der Waals surface area contributed by atoms with Crippen molar-refractivity contribution < 1.29 is 13.9 Å². The van der Waals surface area contributed by atoms with Gasteiger partial charge in [-0.05, 0) is 6.07 Å². The lowest BCUT2D eigenvalue weighted by molar-refractivity contribution is -0.142. The van der Waals surface area contributed by atoms with Crippen molar-refractivity contribution in [2.75, 3.05) is 7.11 Å². The zero-order valence-electron chi connectivity index (χ0n) is 17.2. The molecule has 0 spiro atoms. The number of hydrogen-bond donors (Lipinski definition) is 0. The standard InChI is InChI=1S/C26H23FN2O2/c1-3-18-28-24(21-16-10-11-17-22(21)27)25(26(30)31-2)29-23(19-12-6-4-7-13-19)20-14-8-5-9-15-20/h3-18,24-25H,1H2,2H3/t24-,25+/m1/s1. The molecule has 0 aliphatic heterocycles. The van der Waals surface area contributed by atoms with E-state index in [1.54, 1.807) is 18.2 Å². The maximum Gasteiger partial charge on any atom is 0.333 e. The summed E-state index contributed by atoms with van der Waals surface area (Å²) in [6.07, 6.45) is 2.91. The maximum absolute atomic E-state index is 14.7. The van der Waals surface area contributed by atoms with Gasteiger partial charge in [-0.2, -0.15) is 0 Å². The molecule has 0 N–H and O–H groups in total. The summed E-state index contributed by atoms with van der Waals surface area (Å²) in [7, 11) is 1.28. The van der Waals surface area contributed by atoms with Gasteiger partial charge in [-0.25, -0.2) is 9.18 Å². The zero-order chi connectivity index (χ0) is 22.1. The van der Waals surface area contributed by atoms with Gasteiger partial charge in [0, 0.05) is 22.9 Å². The van der Waals surface area contributed by atoms with Crippen molar-refractivity contribution in [3.8, 4) is 0 Å². The highest BCUT2D eigenvalue weighted by molar-refractivity contribution is 6.13. The van der Waals surface area contributed by atoms with Crippen molar-refractivity contribution in [2.24, 2.45) is 9.98 Å². The van der Waals surface area contributed by atoms with E-state index < -0.39 is 23.9 Å². The number of carbonyl (C=O) groups is 1. The number of esters is 1. The lowest BCUT2D eigenvalue weighted by Gasteiger charge is -2.21. The molecule has 0 heterocycles. The molecule has 0 radical (unpaired) electrons. The van der Waals surface area contributed by atoms with Crippen LogP contribution in [0.15, 0.2) is 108 Å². The van der Waals surface area contributed by atoms with Crippen LogP contribution in [0.2, 0.25) is 0 Å². The summed E-state index contributed by atoms with van der Waals surface area (Å²) in [6, 6.07) is 23.2. The van der Waals surface area contributed by atoms with Crippen molar-refractivity contribution in [3.05, 3.63) is 120 Å². The maximum atomic E-state index is 14.7. The van der Waals surface area contributed by atoms with Crippen LogP contribution in [0.3, 0.4) is 0 Å². The monoisotopic (exact) mass is 414 g/mol. The van der Waals surface area contributed by atoms with Crippen LogP contribution in [-0.2, 0) is 9.53 Å². The van der Waals surface area contributed by atoms with Crippen LogP contribution in [0.4, 0.5) is 4.39 Å². The number of benzene rings is 3. The molecule has 31 heavy (non-hydrogen) atoms. The van der Waals surface area contributed by atoms with Crippen LogP contribution in [-0.4, -0.2) is 31.0 Å². The molecule has 0 saturated carbocycles. The van der Waals surface area contributed by atoms with Crippen LogP contribution in [0.5, 0.6) is 0 Å². The largest absolute Gasteiger partial charge is 0.467 e. The fourth-order valence-electron chi connectivity index (χ4n) is 3.22. The Morgan fingerprint density at radius 1 is 0.935 bits per heavy atom. The normalized spacial score (nSPS) is 12.7. The van der Waals surface area contributed by atoms with Crippen molar-refractivity contribution in [1.29, 1.82) is 0 Å². The van der Waals surface area contributed by atoms with E-state index in [0.29, 0.717) is 5.71 Å². The lowest BCUT2D eigenvalue weighted by Crippen LogP contribution is -2.29. The Morgan fingerprint density at radius 3 is 2.00 bits per heavy atom. The minimum absolute atomic E-state index is 0.250. The third-order valence-electron chi connectivity index (χ3n) is 4.68. The summed E-state index contributed by atoms with van der Waals surface area (Å²) in [5.41, 5.74) is 2.48. The van der Waals surface area contributed by atoms with E-state index >= 15 is 0 Å². The third-order valence-corrected chi connectivity index (χ3v) is 4.68. The number of halogens is 1. The van der Waals surface area contributed by atoms with Crippen LogP contribution >= 0.6 is 0 Å². The van der Waals surface area contributed by atoms with E-state index in [9.17, 15) is 9.18 Å². The van der Waals surface area contributed by atoms with E-state index in [1.807, 2.05) is 60.7 Å². The second-order valence-electron chi connectivity index (χ2n) is 6.68. The minimum Gasteiger partial charge on any atom is -0.467 e. The predicted molar refractivity (Wildman–Crippen MR) is 122 cm³/mol. The fourth-order valence-corrected chi connectivity index (χ4v) is 3.22. The van der Waals surface area contributed by atoms with Crippen molar-refractivity contribution in [1.82, 2.24) is 0 Å². The first kappa shape index (κ1) is 21.8. The van der Waals surface area contributed by atoms with Gasteiger partial charge < -0.3 is 4.74 Å². The second kappa shape index (κ2) is 10.8. The average Bonchev–Trinajstić information content (AvgIpc) is 2.82. The average molecular weight is 414 g/mol. The Balaban J connectivity index is 2.22.